The van der Waals surface area contributed by atoms with Crippen molar-refractivity contribution in [2.24, 2.45) is 10.5 Å². The number of fused-ring (bicyclic) bond motifs is 1. The predicted molar refractivity (Wildman–Crippen MR) is 139 cm³/mol. The minimum atomic E-state index is -0.104. The molecule has 1 saturated carbocycles. The van der Waals surface area contributed by atoms with Crippen LogP contribution in [0.15, 0.2) is 52.4 Å². The van der Waals surface area contributed by atoms with Crippen LogP contribution >= 0.6 is 22.6 Å². The monoisotopic (exact) mass is 543 g/mol. The van der Waals surface area contributed by atoms with Crippen LogP contribution in [0.25, 0.3) is 10.9 Å². The van der Waals surface area contributed by atoms with Crippen molar-refractivity contribution in [2.45, 2.75) is 58.8 Å². The zero-order valence-corrected chi connectivity index (χ0v) is 21.1. The highest BCUT2D eigenvalue weighted by Gasteiger charge is 2.22. The molecule has 1 fully saturated rings. The number of ether oxygens (including phenoxy) is 1. The van der Waals surface area contributed by atoms with Gasteiger partial charge in [0.05, 0.1) is 27.3 Å². The van der Waals surface area contributed by atoms with Gasteiger partial charge in [-0.1, -0.05) is 52.2 Å². The molecule has 0 unspecified atom stereocenters. The molecular formula is C26H30IN3O2. The Morgan fingerprint density at radius 3 is 2.62 bits per heavy atom. The van der Waals surface area contributed by atoms with Gasteiger partial charge in [0.2, 0.25) is 0 Å². The Labute approximate surface area is 203 Å². The van der Waals surface area contributed by atoms with E-state index in [2.05, 4.69) is 48.5 Å². The molecule has 0 radical (unpaired) electrons. The highest BCUT2D eigenvalue weighted by molar-refractivity contribution is 14.1. The zero-order chi connectivity index (χ0) is 22.7. The zero-order valence-electron chi connectivity index (χ0n) is 19.0. The summed E-state index contributed by atoms with van der Waals surface area (Å²) < 4.78 is 8.51. The molecule has 2 aromatic carbocycles. The number of hydrogen-bond donors (Lipinski definition) is 0. The molecule has 0 amide bonds. The lowest BCUT2D eigenvalue weighted by atomic mass is 9.88. The van der Waals surface area contributed by atoms with Crippen molar-refractivity contribution in [2.75, 3.05) is 6.61 Å². The lowest BCUT2D eigenvalue weighted by Gasteiger charge is -2.22. The molecule has 0 spiro atoms. The molecular weight excluding hydrogens is 513 g/mol. The molecule has 0 aliphatic heterocycles. The Morgan fingerprint density at radius 1 is 1.16 bits per heavy atom. The molecule has 3 aromatic rings. The number of benzene rings is 2. The first-order valence-electron chi connectivity index (χ1n) is 11.3. The smallest absolute Gasteiger partial charge is 0.282 e. The van der Waals surface area contributed by atoms with Gasteiger partial charge in [0.15, 0.2) is 0 Å². The molecule has 1 aromatic heterocycles. The predicted octanol–water partition coefficient (Wildman–Crippen LogP) is 6.36. The minimum Gasteiger partial charge on any atom is -0.492 e. The van der Waals surface area contributed by atoms with E-state index >= 15 is 0 Å². The normalized spacial score (nSPS) is 15.5. The van der Waals surface area contributed by atoms with Crippen molar-refractivity contribution in [1.82, 2.24) is 9.66 Å². The van der Waals surface area contributed by atoms with Gasteiger partial charge in [-0.2, -0.15) is 9.78 Å². The largest absolute Gasteiger partial charge is 0.492 e. The van der Waals surface area contributed by atoms with E-state index in [0.717, 1.165) is 39.1 Å². The summed E-state index contributed by atoms with van der Waals surface area (Å²) >= 11 is 2.28. The van der Waals surface area contributed by atoms with E-state index in [4.69, 9.17) is 9.72 Å². The standard InChI is InChI=1S/C26H30IN3O2/c1-26(2,3)17-32-23-14-13-18(15-21(23)27)16-28-30-24(19-9-5-4-6-10-19)29-22-12-8-7-11-20(22)25(30)31/h7-8,11-16,19H,4-6,9-10,17H2,1-3H3. The summed E-state index contributed by atoms with van der Waals surface area (Å²) in [4.78, 5) is 18.2. The van der Waals surface area contributed by atoms with Gasteiger partial charge in [-0.05, 0) is 76.7 Å². The number of halogens is 1. The molecule has 4 rings (SSSR count). The first-order chi connectivity index (χ1) is 15.3. The highest BCUT2D eigenvalue weighted by Crippen LogP contribution is 2.32. The summed E-state index contributed by atoms with van der Waals surface area (Å²) in [5, 5.41) is 5.23. The summed E-state index contributed by atoms with van der Waals surface area (Å²) in [6.45, 7) is 7.11. The molecule has 0 bridgehead atoms. The molecule has 6 heteroatoms. The highest BCUT2D eigenvalue weighted by atomic mass is 127. The van der Waals surface area contributed by atoms with Crippen molar-refractivity contribution in [1.29, 1.82) is 0 Å². The fourth-order valence-corrected chi connectivity index (χ4v) is 4.71. The van der Waals surface area contributed by atoms with Crippen molar-refractivity contribution in [3.63, 3.8) is 0 Å². The maximum atomic E-state index is 13.3. The van der Waals surface area contributed by atoms with Gasteiger partial charge in [-0.15, -0.1) is 0 Å². The van der Waals surface area contributed by atoms with Gasteiger partial charge in [0, 0.05) is 5.92 Å². The molecule has 1 aliphatic rings. The average molecular weight is 543 g/mol. The van der Waals surface area contributed by atoms with Crippen LogP contribution in [0.3, 0.4) is 0 Å². The summed E-state index contributed by atoms with van der Waals surface area (Å²) in [5.41, 5.74) is 1.67. The van der Waals surface area contributed by atoms with Gasteiger partial charge in [-0.3, -0.25) is 4.79 Å². The lowest BCUT2D eigenvalue weighted by Crippen LogP contribution is -2.25. The molecule has 32 heavy (non-hydrogen) atoms. The number of aromatic nitrogens is 2. The third-order valence-electron chi connectivity index (χ3n) is 5.69. The molecule has 1 heterocycles. The number of hydrogen-bond acceptors (Lipinski definition) is 4. The third kappa shape index (κ3) is 5.39. The van der Waals surface area contributed by atoms with E-state index in [9.17, 15) is 4.79 Å². The Hall–Kier alpha value is -2.22. The van der Waals surface area contributed by atoms with Crippen molar-refractivity contribution in [3.8, 4) is 5.75 Å². The van der Waals surface area contributed by atoms with E-state index in [1.807, 2.05) is 42.5 Å². The fraction of sp³-hybridized carbons (Fsp3) is 0.423. The summed E-state index contributed by atoms with van der Waals surface area (Å²) in [7, 11) is 0. The third-order valence-corrected chi connectivity index (χ3v) is 6.53. The topological polar surface area (TPSA) is 56.5 Å². The first kappa shape index (κ1) is 23.0. The Kier molecular flexibility index (Phi) is 6.98. The van der Waals surface area contributed by atoms with Crippen LogP contribution in [0, 0.1) is 8.99 Å². The van der Waals surface area contributed by atoms with E-state index < -0.39 is 0 Å². The Bertz CT molecular complexity index is 1190. The summed E-state index contributed by atoms with van der Waals surface area (Å²) in [6.07, 6.45) is 7.45. The van der Waals surface area contributed by atoms with E-state index in [1.165, 1.54) is 23.9 Å². The first-order valence-corrected chi connectivity index (χ1v) is 12.4. The van der Waals surface area contributed by atoms with Crippen LogP contribution in [0.5, 0.6) is 5.75 Å². The van der Waals surface area contributed by atoms with Crippen molar-refractivity contribution < 1.29 is 4.74 Å². The quantitative estimate of drug-likeness (QED) is 0.278. The van der Waals surface area contributed by atoms with Gasteiger partial charge < -0.3 is 4.74 Å². The van der Waals surface area contributed by atoms with Gasteiger partial charge in [0.25, 0.3) is 5.56 Å². The van der Waals surface area contributed by atoms with Gasteiger partial charge in [-0.25, -0.2) is 4.98 Å². The van der Waals surface area contributed by atoms with Crippen LogP contribution in [0.1, 0.15) is 70.2 Å². The minimum absolute atomic E-state index is 0.100. The van der Waals surface area contributed by atoms with Crippen molar-refractivity contribution in [3.05, 3.63) is 67.8 Å². The van der Waals surface area contributed by atoms with Gasteiger partial charge >= 0.3 is 0 Å². The molecule has 0 atom stereocenters. The van der Waals surface area contributed by atoms with Crippen LogP contribution < -0.4 is 10.3 Å². The van der Waals surface area contributed by atoms with E-state index in [-0.39, 0.29) is 16.9 Å². The Balaban J connectivity index is 1.68. The summed E-state index contributed by atoms with van der Waals surface area (Å²) in [5.74, 6) is 1.92. The second-order valence-electron chi connectivity index (χ2n) is 9.72. The van der Waals surface area contributed by atoms with Crippen LogP contribution in [0.2, 0.25) is 0 Å². The molecule has 168 valence electrons. The fourth-order valence-electron chi connectivity index (χ4n) is 4.01. The average Bonchev–Trinajstić information content (AvgIpc) is 2.78. The van der Waals surface area contributed by atoms with E-state index in [1.54, 1.807) is 6.21 Å². The van der Waals surface area contributed by atoms with Gasteiger partial charge in [0.1, 0.15) is 11.6 Å². The van der Waals surface area contributed by atoms with Crippen LogP contribution in [-0.2, 0) is 0 Å². The lowest BCUT2D eigenvalue weighted by molar-refractivity contribution is 0.196. The second-order valence-corrected chi connectivity index (χ2v) is 10.9. The van der Waals surface area contributed by atoms with E-state index in [0.29, 0.717) is 12.0 Å². The number of nitrogens with zero attached hydrogens (tertiary/aromatic N) is 3. The maximum absolute atomic E-state index is 13.3. The Morgan fingerprint density at radius 2 is 1.91 bits per heavy atom. The molecule has 1 aliphatic carbocycles. The number of para-hydroxylation sites is 1. The van der Waals surface area contributed by atoms with Crippen LogP contribution in [-0.4, -0.2) is 22.5 Å². The molecule has 0 N–H and O–H groups in total. The van der Waals surface area contributed by atoms with Crippen molar-refractivity contribution >= 4 is 39.7 Å². The summed E-state index contributed by atoms with van der Waals surface area (Å²) in [6, 6.07) is 13.5. The van der Waals surface area contributed by atoms with Crippen LogP contribution in [0.4, 0.5) is 0 Å². The maximum Gasteiger partial charge on any atom is 0.282 e. The molecule has 0 saturated heterocycles. The second kappa shape index (κ2) is 9.73. The molecule has 5 nitrogen and oxygen atoms in total. The SMILES string of the molecule is CC(C)(C)COc1ccc(C=Nn2c(C3CCCCC3)nc3ccccc3c2=O)cc1I. The number of rotatable bonds is 5.